The first-order chi connectivity index (χ1) is 13.6. The Hall–Kier alpha value is -2.37. The monoisotopic (exact) mass is 399 g/mol. The third-order valence-electron chi connectivity index (χ3n) is 5.68. The first kappa shape index (κ1) is 17.7. The van der Waals surface area contributed by atoms with Crippen molar-refractivity contribution in [3.05, 3.63) is 73.8 Å². The van der Waals surface area contributed by atoms with Gasteiger partial charge >= 0.3 is 5.63 Å². The number of rotatable bonds is 2. The first-order valence-corrected chi connectivity index (χ1v) is 9.88. The molecular formula is C22H19ClFNO3. The normalized spacial score (nSPS) is 16.5. The number of hydrogen-bond donors (Lipinski definition) is 0. The second-order valence-electron chi connectivity index (χ2n) is 7.43. The van der Waals surface area contributed by atoms with Crippen LogP contribution in [0.1, 0.15) is 35.1 Å². The molecule has 0 unspecified atom stereocenters. The zero-order valence-corrected chi connectivity index (χ0v) is 16.0. The summed E-state index contributed by atoms with van der Waals surface area (Å²) in [7, 11) is 0. The van der Waals surface area contributed by atoms with E-state index < -0.39 is 0 Å². The van der Waals surface area contributed by atoms with Gasteiger partial charge in [-0.15, -0.1) is 0 Å². The molecule has 5 rings (SSSR count). The van der Waals surface area contributed by atoms with Crippen molar-refractivity contribution >= 4 is 22.6 Å². The van der Waals surface area contributed by atoms with E-state index in [1.807, 2.05) is 17.0 Å². The van der Waals surface area contributed by atoms with E-state index in [0.717, 1.165) is 47.8 Å². The van der Waals surface area contributed by atoms with Gasteiger partial charge in [0.15, 0.2) is 0 Å². The number of aryl methyl sites for hydroxylation is 1. The molecular weight excluding hydrogens is 381 g/mol. The molecule has 3 aromatic rings. The van der Waals surface area contributed by atoms with Gasteiger partial charge in [-0.2, -0.15) is 0 Å². The Kier molecular flexibility index (Phi) is 4.37. The van der Waals surface area contributed by atoms with Crippen molar-refractivity contribution in [2.75, 3.05) is 6.73 Å². The van der Waals surface area contributed by atoms with Crippen LogP contribution in [0, 0.1) is 5.82 Å². The highest BCUT2D eigenvalue weighted by atomic mass is 35.5. The van der Waals surface area contributed by atoms with Gasteiger partial charge in [-0.05, 0) is 55.5 Å². The molecule has 0 saturated heterocycles. The van der Waals surface area contributed by atoms with Crippen LogP contribution in [0.2, 0.25) is 5.02 Å². The molecule has 0 bridgehead atoms. The van der Waals surface area contributed by atoms with E-state index in [1.165, 1.54) is 6.07 Å². The van der Waals surface area contributed by atoms with Crippen LogP contribution in [0.3, 0.4) is 0 Å². The summed E-state index contributed by atoms with van der Waals surface area (Å²) in [6.07, 6.45) is 3.77. The Morgan fingerprint density at radius 1 is 1.07 bits per heavy atom. The summed E-state index contributed by atoms with van der Waals surface area (Å²) in [4.78, 5) is 14.5. The molecule has 28 heavy (non-hydrogen) atoms. The fourth-order valence-electron chi connectivity index (χ4n) is 4.27. The van der Waals surface area contributed by atoms with Gasteiger partial charge in [-0.1, -0.05) is 17.7 Å². The molecule has 0 fully saturated rings. The van der Waals surface area contributed by atoms with E-state index in [0.29, 0.717) is 41.7 Å². The van der Waals surface area contributed by atoms with Gasteiger partial charge in [0.05, 0.1) is 5.56 Å². The largest absolute Gasteiger partial charge is 0.478 e. The molecule has 2 aromatic carbocycles. The molecule has 2 aliphatic rings. The molecule has 0 amide bonds. The molecule has 2 heterocycles. The Morgan fingerprint density at radius 3 is 2.71 bits per heavy atom. The smallest absolute Gasteiger partial charge is 0.339 e. The summed E-state index contributed by atoms with van der Waals surface area (Å²) in [6.45, 7) is 1.13. The Balaban J connectivity index is 1.56. The highest BCUT2D eigenvalue weighted by Crippen LogP contribution is 2.36. The van der Waals surface area contributed by atoms with E-state index in [2.05, 4.69) is 0 Å². The molecule has 1 aliphatic heterocycles. The number of halogens is 2. The second kappa shape index (κ2) is 6.90. The fraction of sp³-hybridized carbons (Fsp3) is 0.318. The van der Waals surface area contributed by atoms with Crippen LogP contribution in [0.5, 0.6) is 5.75 Å². The molecule has 0 saturated carbocycles. The molecule has 1 aromatic heterocycles. The minimum absolute atomic E-state index is 0.245. The number of fused-ring (bicyclic) bond motifs is 5. The summed E-state index contributed by atoms with van der Waals surface area (Å²) >= 11 is 6.18. The van der Waals surface area contributed by atoms with Crippen molar-refractivity contribution in [2.24, 2.45) is 0 Å². The summed E-state index contributed by atoms with van der Waals surface area (Å²) in [5.74, 6) is 0.374. The summed E-state index contributed by atoms with van der Waals surface area (Å²) in [5.41, 5.74) is 3.54. The van der Waals surface area contributed by atoms with Gasteiger partial charge in [-0.25, -0.2) is 9.18 Å². The highest BCUT2D eigenvalue weighted by Gasteiger charge is 2.26. The van der Waals surface area contributed by atoms with Crippen molar-refractivity contribution in [1.29, 1.82) is 0 Å². The summed E-state index contributed by atoms with van der Waals surface area (Å²) in [5, 5.41) is 1.38. The van der Waals surface area contributed by atoms with E-state index in [-0.39, 0.29) is 11.4 Å². The highest BCUT2D eigenvalue weighted by molar-refractivity contribution is 6.31. The lowest BCUT2D eigenvalue weighted by molar-refractivity contribution is 0.0880. The zero-order valence-electron chi connectivity index (χ0n) is 15.3. The average Bonchev–Trinajstić information content (AvgIpc) is 2.71. The van der Waals surface area contributed by atoms with Crippen LogP contribution >= 0.6 is 11.6 Å². The predicted octanol–water partition coefficient (Wildman–Crippen LogP) is 4.82. The standard InChI is InChI=1S/C22H19ClFNO3/c23-18-6-3-7-19(24)16(18)10-25-11-17-20(27-12-25)9-8-14-13-4-1-2-5-15(13)22(26)28-21(14)17/h3,6-9H,1-2,4-5,10-12H2. The van der Waals surface area contributed by atoms with Crippen molar-refractivity contribution in [3.63, 3.8) is 0 Å². The first-order valence-electron chi connectivity index (χ1n) is 9.50. The summed E-state index contributed by atoms with van der Waals surface area (Å²) in [6, 6.07) is 8.61. The zero-order chi connectivity index (χ0) is 19.3. The molecule has 6 heteroatoms. The average molecular weight is 400 g/mol. The van der Waals surface area contributed by atoms with Gasteiger partial charge in [0.25, 0.3) is 0 Å². The van der Waals surface area contributed by atoms with Crippen LogP contribution in [0.4, 0.5) is 4.39 Å². The Morgan fingerprint density at radius 2 is 1.89 bits per heavy atom. The number of nitrogens with zero attached hydrogens (tertiary/aromatic N) is 1. The maximum absolute atomic E-state index is 14.2. The predicted molar refractivity (Wildman–Crippen MR) is 105 cm³/mol. The SMILES string of the molecule is O=c1oc2c3c(ccc2c2c1CCCC2)OCN(Cc1c(F)cccc1Cl)C3. The fourth-order valence-corrected chi connectivity index (χ4v) is 4.49. The van der Waals surface area contributed by atoms with Crippen molar-refractivity contribution in [2.45, 2.75) is 38.8 Å². The lowest BCUT2D eigenvalue weighted by atomic mass is 9.90. The minimum Gasteiger partial charge on any atom is -0.478 e. The van der Waals surface area contributed by atoms with Crippen molar-refractivity contribution in [1.82, 2.24) is 4.90 Å². The number of ether oxygens (including phenoxy) is 1. The Bertz CT molecular complexity index is 1120. The number of benzene rings is 2. The van der Waals surface area contributed by atoms with Gasteiger partial charge in [0.2, 0.25) is 0 Å². The van der Waals surface area contributed by atoms with E-state index in [1.54, 1.807) is 12.1 Å². The van der Waals surface area contributed by atoms with Crippen LogP contribution in [0.25, 0.3) is 11.0 Å². The number of hydrogen-bond acceptors (Lipinski definition) is 4. The molecule has 4 nitrogen and oxygen atoms in total. The van der Waals surface area contributed by atoms with Crippen LogP contribution in [-0.2, 0) is 25.9 Å². The van der Waals surface area contributed by atoms with Crippen molar-refractivity contribution < 1.29 is 13.5 Å². The summed E-state index contributed by atoms with van der Waals surface area (Å²) < 4.78 is 25.8. The van der Waals surface area contributed by atoms with Crippen molar-refractivity contribution in [3.8, 4) is 5.75 Å². The second-order valence-corrected chi connectivity index (χ2v) is 7.84. The molecule has 1 aliphatic carbocycles. The molecule has 0 radical (unpaired) electrons. The minimum atomic E-state index is -0.336. The van der Waals surface area contributed by atoms with E-state index >= 15 is 0 Å². The molecule has 0 spiro atoms. The maximum atomic E-state index is 14.2. The van der Waals surface area contributed by atoms with Gasteiger partial charge in [0.1, 0.15) is 23.9 Å². The maximum Gasteiger partial charge on any atom is 0.339 e. The van der Waals surface area contributed by atoms with Crippen LogP contribution in [-0.4, -0.2) is 11.6 Å². The quantitative estimate of drug-likeness (QED) is 0.579. The van der Waals surface area contributed by atoms with E-state index in [4.69, 9.17) is 20.8 Å². The molecule has 144 valence electrons. The van der Waals surface area contributed by atoms with Gasteiger partial charge in [0, 0.05) is 34.6 Å². The third-order valence-corrected chi connectivity index (χ3v) is 6.03. The third kappa shape index (κ3) is 2.90. The van der Waals surface area contributed by atoms with Crippen LogP contribution in [0.15, 0.2) is 39.5 Å². The van der Waals surface area contributed by atoms with E-state index in [9.17, 15) is 9.18 Å². The molecule has 0 N–H and O–H groups in total. The Labute approximate surface area is 166 Å². The van der Waals surface area contributed by atoms with Gasteiger partial charge < -0.3 is 9.15 Å². The molecule has 0 atom stereocenters. The van der Waals surface area contributed by atoms with Crippen LogP contribution < -0.4 is 10.4 Å². The van der Waals surface area contributed by atoms with Gasteiger partial charge in [-0.3, -0.25) is 4.90 Å². The lowest BCUT2D eigenvalue weighted by Crippen LogP contribution is -2.32. The topological polar surface area (TPSA) is 42.7 Å². The lowest BCUT2D eigenvalue weighted by Gasteiger charge is -2.30.